The molecule has 0 radical (unpaired) electrons. The van der Waals surface area contributed by atoms with Crippen molar-refractivity contribution in [3.8, 4) is 0 Å². The summed E-state index contributed by atoms with van der Waals surface area (Å²) in [6.45, 7) is 3.19. The standard InChI is InChI=1S/C22H26F3N3O/c23-22(24,25)19-6-2-1-5-17(19)16-8-12-28(13-9-16)21(29)20-18-14-26-11-7-15(18)4-3-10-27-20/h1-2,5-6,16,26H,3-4,7-14H2. The summed E-state index contributed by atoms with van der Waals surface area (Å²) in [4.78, 5) is 19.5. The fourth-order valence-electron chi connectivity index (χ4n) is 4.69. The average molecular weight is 405 g/mol. The fraction of sp³-hybridized carbons (Fsp3) is 0.545. The van der Waals surface area contributed by atoms with Gasteiger partial charge in [-0.25, -0.2) is 0 Å². The molecular formula is C22H26F3N3O. The van der Waals surface area contributed by atoms with Crippen molar-refractivity contribution in [3.63, 3.8) is 0 Å². The van der Waals surface area contributed by atoms with Crippen molar-refractivity contribution >= 4 is 11.6 Å². The Labute approximate surface area is 168 Å². The maximum Gasteiger partial charge on any atom is 0.416 e. The van der Waals surface area contributed by atoms with Gasteiger partial charge in [0, 0.05) is 26.2 Å². The number of rotatable bonds is 2. The number of likely N-dealkylation sites (tertiary alicyclic amines) is 1. The molecule has 3 heterocycles. The van der Waals surface area contributed by atoms with Gasteiger partial charge in [-0.05, 0) is 61.8 Å². The quantitative estimate of drug-likeness (QED) is 0.810. The maximum atomic E-state index is 13.4. The Morgan fingerprint density at radius 3 is 2.66 bits per heavy atom. The number of carbonyl (C=O) groups excluding carboxylic acids is 1. The van der Waals surface area contributed by atoms with E-state index in [1.807, 2.05) is 0 Å². The molecule has 3 aliphatic rings. The van der Waals surface area contributed by atoms with Gasteiger partial charge in [-0.1, -0.05) is 23.8 Å². The lowest BCUT2D eigenvalue weighted by molar-refractivity contribution is -0.138. The van der Waals surface area contributed by atoms with Gasteiger partial charge in [0.25, 0.3) is 5.91 Å². The van der Waals surface area contributed by atoms with Gasteiger partial charge >= 0.3 is 6.18 Å². The second-order valence-corrected chi connectivity index (χ2v) is 7.99. The van der Waals surface area contributed by atoms with E-state index in [2.05, 4.69) is 10.3 Å². The van der Waals surface area contributed by atoms with Crippen LogP contribution in [0.1, 0.15) is 49.1 Å². The van der Waals surface area contributed by atoms with Crippen molar-refractivity contribution in [2.75, 3.05) is 32.7 Å². The first-order valence-electron chi connectivity index (χ1n) is 10.4. The zero-order valence-electron chi connectivity index (χ0n) is 16.4. The summed E-state index contributed by atoms with van der Waals surface area (Å²) in [5.74, 6) is -0.246. The molecular weight excluding hydrogens is 379 g/mol. The number of aliphatic imine (C=N–C) groups is 1. The Hall–Kier alpha value is -2.15. The Morgan fingerprint density at radius 2 is 1.90 bits per heavy atom. The maximum absolute atomic E-state index is 13.4. The van der Waals surface area contributed by atoms with Gasteiger partial charge in [0.1, 0.15) is 5.71 Å². The first-order chi connectivity index (χ1) is 13.9. The summed E-state index contributed by atoms with van der Waals surface area (Å²) < 4.78 is 40.1. The molecule has 0 saturated carbocycles. The van der Waals surface area contributed by atoms with Crippen LogP contribution in [0.5, 0.6) is 0 Å². The highest BCUT2D eigenvalue weighted by Crippen LogP contribution is 2.38. The van der Waals surface area contributed by atoms with Crippen molar-refractivity contribution in [3.05, 3.63) is 46.5 Å². The van der Waals surface area contributed by atoms with Crippen LogP contribution in [0.25, 0.3) is 0 Å². The van der Waals surface area contributed by atoms with Crippen LogP contribution < -0.4 is 5.32 Å². The minimum Gasteiger partial charge on any atom is -0.337 e. The van der Waals surface area contributed by atoms with Crippen LogP contribution in [-0.2, 0) is 11.0 Å². The second-order valence-electron chi connectivity index (χ2n) is 7.99. The van der Waals surface area contributed by atoms with Gasteiger partial charge in [-0.15, -0.1) is 0 Å². The lowest BCUT2D eigenvalue weighted by Crippen LogP contribution is -2.44. The average Bonchev–Trinajstić information content (AvgIpc) is 2.95. The van der Waals surface area contributed by atoms with E-state index in [9.17, 15) is 18.0 Å². The summed E-state index contributed by atoms with van der Waals surface area (Å²) in [5, 5.41) is 3.33. The molecule has 4 nitrogen and oxygen atoms in total. The Kier molecular flexibility index (Phi) is 5.76. The molecule has 1 saturated heterocycles. The van der Waals surface area contributed by atoms with Crippen LogP contribution in [0.2, 0.25) is 0 Å². The molecule has 0 bridgehead atoms. The normalized spacial score (nSPS) is 21.5. The number of carbonyl (C=O) groups is 1. The fourth-order valence-corrected chi connectivity index (χ4v) is 4.69. The van der Waals surface area contributed by atoms with Gasteiger partial charge < -0.3 is 10.2 Å². The molecule has 156 valence electrons. The molecule has 4 rings (SSSR count). The number of piperidine rings is 1. The van der Waals surface area contributed by atoms with Crippen molar-refractivity contribution in [1.82, 2.24) is 10.2 Å². The Morgan fingerprint density at radius 1 is 1.14 bits per heavy atom. The molecule has 1 aromatic carbocycles. The van der Waals surface area contributed by atoms with Crippen LogP contribution in [0.15, 0.2) is 40.4 Å². The van der Waals surface area contributed by atoms with E-state index in [0.717, 1.165) is 37.4 Å². The van der Waals surface area contributed by atoms with Crippen molar-refractivity contribution in [1.29, 1.82) is 0 Å². The smallest absolute Gasteiger partial charge is 0.337 e. The molecule has 1 fully saturated rings. The van der Waals surface area contributed by atoms with E-state index >= 15 is 0 Å². The van der Waals surface area contributed by atoms with Crippen LogP contribution in [0, 0.1) is 0 Å². The predicted octanol–water partition coefficient (Wildman–Crippen LogP) is 3.94. The summed E-state index contributed by atoms with van der Waals surface area (Å²) in [7, 11) is 0. The molecule has 0 unspecified atom stereocenters. The van der Waals surface area contributed by atoms with Gasteiger partial charge in [0.2, 0.25) is 0 Å². The second kappa shape index (κ2) is 8.30. The van der Waals surface area contributed by atoms with E-state index in [-0.39, 0.29) is 11.8 Å². The zero-order chi connectivity index (χ0) is 20.4. The highest BCUT2D eigenvalue weighted by atomic mass is 19.4. The summed E-state index contributed by atoms with van der Waals surface area (Å²) >= 11 is 0. The number of halogens is 3. The van der Waals surface area contributed by atoms with Crippen LogP contribution in [0.4, 0.5) is 13.2 Å². The molecule has 3 aliphatic heterocycles. The van der Waals surface area contributed by atoms with E-state index in [1.54, 1.807) is 17.0 Å². The molecule has 1 N–H and O–H groups in total. The van der Waals surface area contributed by atoms with Crippen LogP contribution in [0.3, 0.4) is 0 Å². The number of amides is 1. The number of nitrogens with zero attached hydrogens (tertiary/aromatic N) is 2. The minimum absolute atomic E-state index is 0.0642. The number of benzene rings is 1. The highest BCUT2D eigenvalue weighted by Gasteiger charge is 2.36. The van der Waals surface area contributed by atoms with E-state index in [4.69, 9.17) is 0 Å². The van der Waals surface area contributed by atoms with Crippen molar-refractivity contribution in [2.24, 2.45) is 4.99 Å². The minimum atomic E-state index is -4.35. The first-order valence-corrected chi connectivity index (χ1v) is 10.4. The molecule has 0 aromatic heterocycles. The summed E-state index contributed by atoms with van der Waals surface area (Å²) in [5.41, 5.74) is 2.74. The number of nitrogens with one attached hydrogen (secondary N) is 1. The van der Waals surface area contributed by atoms with E-state index in [1.165, 1.54) is 11.6 Å². The number of alkyl halides is 3. The van der Waals surface area contributed by atoms with Gasteiger partial charge in [-0.3, -0.25) is 9.79 Å². The molecule has 1 amide bonds. The Balaban J connectivity index is 1.48. The summed E-state index contributed by atoms with van der Waals surface area (Å²) in [6, 6.07) is 5.81. The zero-order valence-corrected chi connectivity index (χ0v) is 16.4. The lowest BCUT2D eigenvalue weighted by Gasteiger charge is -2.34. The third-order valence-corrected chi connectivity index (χ3v) is 6.22. The largest absolute Gasteiger partial charge is 0.416 e. The lowest BCUT2D eigenvalue weighted by atomic mass is 9.86. The Bertz CT molecular complexity index is 836. The third-order valence-electron chi connectivity index (χ3n) is 6.22. The van der Waals surface area contributed by atoms with Gasteiger partial charge in [-0.2, -0.15) is 13.2 Å². The molecule has 0 aliphatic carbocycles. The van der Waals surface area contributed by atoms with Crippen LogP contribution >= 0.6 is 0 Å². The molecule has 0 atom stereocenters. The monoisotopic (exact) mass is 405 g/mol. The number of hydrogen-bond acceptors (Lipinski definition) is 3. The molecule has 1 aromatic rings. The molecule has 29 heavy (non-hydrogen) atoms. The SMILES string of the molecule is O=C(C1=NCCCC2=C1CNCC2)N1CCC(c2ccccc2C(F)(F)F)CC1. The third kappa shape index (κ3) is 4.25. The van der Waals surface area contributed by atoms with Gasteiger partial charge in [0.05, 0.1) is 5.56 Å². The number of hydrogen-bond donors (Lipinski definition) is 1. The van der Waals surface area contributed by atoms with E-state index < -0.39 is 11.7 Å². The molecule has 0 spiro atoms. The first kappa shape index (κ1) is 20.1. The van der Waals surface area contributed by atoms with Crippen molar-refractivity contribution < 1.29 is 18.0 Å². The predicted molar refractivity (Wildman–Crippen MR) is 106 cm³/mol. The summed E-state index contributed by atoms with van der Waals surface area (Å²) in [6.07, 6.45) is -0.362. The highest BCUT2D eigenvalue weighted by molar-refractivity contribution is 6.45. The topological polar surface area (TPSA) is 44.7 Å². The molecule has 7 heteroatoms. The van der Waals surface area contributed by atoms with Crippen LogP contribution in [-0.4, -0.2) is 49.2 Å². The van der Waals surface area contributed by atoms with Gasteiger partial charge in [0.15, 0.2) is 0 Å². The van der Waals surface area contributed by atoms with E-state index in [0.29, 0.717) is 50.3 Å². The van der Waals surface area contributed by atoms with Crippen molar-refractivity contribution in [2.45, 2.75) is 44.2 Å².